The average molecular weight is 844 g/mol. The Morgan fingerprint density at radius 3 is 2.17 bits per heavy atom. The molecule has 5 aliphatic carbocycles. The number of esters is 2. The van der Waals surface area contributed by atoms with E-state index in [9.17, 15) is 28.8 Å². The number of phosphoric acid groups is 1. The summed E-state index contributed by atoms with van der Waals surface area (Å²) in [5.41, 5.74) is -0.475. The molecule has 0 aromatic heterocycles. The average Bonchev–Trinajstić information content (AvgIpc) is 3.76. The number of allylic oxidation sites excluding steroid dienone is 2. The number of ether oxygens (including phenoxy) is 2. The van der Waals surface area contributed by atoms with Crippen LogP contribution in [0.25, 0.3) is 0 Å². The Kier molecular flexibility index (Phi) is 14.9. The van der Waals surface area contributed by atoms with Gasteiger partial charge in [0.1, 0.15) is 24.4 Å². The van der Waals surface area contributed by atoms with Gasteiger partial charge in [-0.05, 0) is 90.7 Å². The van der Waals surface area contributed by atoms with Crippen LogP contribution in [0, 0.1) is 57.2 Å². The minimum atomic E-state index is -4.76. The summed E-state index contributed by atoms with van der Waals surface area (Å²) in [4.78, 5) is 69.8. The van der Waals surface area contributed by atoms with Crippen LogP contribution in [0.15, 0.2) is 24.3 Å². The number of rotatable bonds is 16. The third-order valence-corrected chi connectivity index (χ3v) is 15.6. The smallest absolute Gasteiger partial charge is 0.462 e. The van der Waals surface area contributed by atoms with Gasteiger partial charge in [0, 0.05) is 44.1 Å². The maximum Gasteiger partial charge on any atom is 0.469 e. The Hall–Kier alpha value is -2.37. The zero-order valence-electron chi connectivity index (χ0n) is 35.0. The number of carbonyl (C=O) groups excluding carboxylic acids is 4. The van der Waals surface area contributed by atoms with E-state index >= 15 is 0 Å². The van der Waals surface area contributed by atoms with Gasteiger partial charge in [0.15, 0.2) is 17.7 Å². The van der Waals surface area contributed by atoms with Crippen LogP contribution in [0.4, 0.5) is 0 Å². The van der Waals surface area contributed by atoms with Gasteiger partial charge in [0.25, 0.3) is 0 Å². The zero-order chi connectivity index (χ0) is 43.9. The number of likely N-dealkylation sites (N-methyl/N-ethyl adjacent to an activating group) is 1. The van der Waals surface area contributed by atoms with Gasteiger partial charge in [-0.15, -0.1) is 0 Å². The number of ketones is 2. The Bertz CT molecular complexity index is 1650. The second-order valence-corrected chi connectivity index (χ2v) is 19.4. The first kappa shape index (κ1) is 48.3. The monoisotopic (exact) mass is 843 g/mol. The Morgan fingerprint density at radius 1 is 1.00 bits per heavy atom. The number of carbonyl (C=O) groups is 4. The molecule has 0 bridgehead atoms. The van der Waals surface area contributed by atoms with Crippen molar-refractivity contribution in [3.8, 4) is 0 Å². The van der Waals surface area contributed by atoms with E-state index in [0.29, 0.717) is 18.3 Å². The summed E-state index contributed by atoms with van der Waals surface area (Å²) in [6, 6.07) is 0. The molecule has 0 unspecified atom stereocenters. The van der Waals surface area contributed by atoms with E-state index in [-0.39, 0.29) is 51.4 Å². The molecule has 0 radical (unpaired) electrons. The van der Waals surface area contributed by atoms with Gasteiger partial charge in [-0.3, -0.25) is 23.7 Å². The standard InChI is InChI=1S/C34H49O10P.C7H17NO5/c1-18(16-42-45(39,40)41)19(2)29(38)30(44-23(6)36)21(4)28-26(43-22(5)35)15-32(8)27-10-9-24-20(3)25(37)11-12-33(24)17-34(27,33)14-13-31(28,32)7;1-8-2-4(10)6(12)7(13)5(11)3-9/h11-12,18,20-21,24,26-28,30H,2,9-10,13-17H2,1,3-8H3,(H2,39,40,41);4-13H,2-3H2,1H3/t18-,20-,21-,24-,26-,27-,28-,30+,31+,32-,33+,34-;4-,5+,6+,7+/m00/s1. The number of hydrogen-bond donors (Lipinski definition) is 8. The lowest BCUT2D eigenvalue weighted by Crippen LogP contribution is -2.56. The third-order valence-electron chi connectivity index (χ3n) is 15.1. The number of Topliss-reactive ketones (excluding diaryl/α,β-unsaturated/α-hetero) is 1. The lowest BCUT2D eigenvalue weighted by molar-refractivity contribution is -0.166. The topological polar surface area (TPSA) is 267 Å². The molecule has 16 nitrogen and oxygen atoms in total. The molecule has 2 spiro atoms. The second-order valence-electron chi connectivity index (χ2n) is 18.2. The van der Waals surface area contributed by atoms with E-state index in [1.54, 1.807) is 14.0 Å². The summed E-state index contributed by atoms with van der Waals surface area (Å²) >= 11 is 0. The number of hydrogen-bond acceptors (Lipinski definition) is 14. The molecule has 16 atom stereocenters. The summed E-state index contributed by atoms with van der Waals surface area (Å²) in [6.07, 6.45) is 2.09. The molecule has 4 fully saturated rings. The first-order valence-corrected chi connectivity index (χ1v) is 21.8. The number of nitrogens with one attached hydrogen (secondary N) is 1. The molecule has 0 aliphatic heterocycles. The fraction of sp³-hybridized carbons (Fsp3) is 0.805. The summed E-state index contributed by atoms with van der Waals surface area (Å²) in [7, 11) is -3.19. The van der Waals surface area contributed by atoms with Crippen molar-refractivity contribution in [2.24, 2.45) is 57.2 Å². The number of fused-ring (bicyclic) bond motifs is 2. The van der Waals surface area contributed by atoms with Crippen LogP contribution >= 0.6 is 7.82 Å². The predicted octanol–water partition coefficient (Wildman–Crippen LogP) is 2.00. The largest absolute Gasteiger partial charge is 0.469 e. The lowest BCUT2D eigenvalue weighted by Gasteiger charge is -2.61. The molecular formula is C41H66NO15P. The molecule has 330 valence electrons. The minimum Gasteiger partial charge on any atom is -0.462 e. The van der Waals surface area contributed by atoms with Crippen molar-refractivity contribution in [2.45, 2.75) is 124 Å². The molecule has 0 amide bonds. The van der Waals surface area contributed by atoms with E-state index in [2.05, 4.69) is 43.3 Å². The first-order chi connectivity index (χ1) is 26.8. The van der Waals surface area contributed by atoms with Gasteiger partial charge in [-0.25, -0.2) is 4.57 Å². The molecule has 5 aliphatic rings. The summed E-state index contributed by atoms with van der Waals surface area (Å²) in [5.74, 6) is -2.32. The summed E-state index contributed by atoms with van der Waals surface area (Å²) in [5, 5.41) is 47.5. The SMILES string of the molecule is C=C(C(=O)[C@H](OC(C)=O)[C@@H](C)[C@H]1[C@@H](OC(C)=O)C[C@@]2(C)[C@@H]3CC[C@H]4[C@H](C)C(=O)C=C[C@@]45C[C@@]35CC[C@]12C)[C@@H](C)COP(=O)(O)O.CNC[C@H](O)[C@@H](O)[C@H](O)[C@H](O)CO. The predicted molar refractivity (Wildman–Crippen MR) is 209 cm³/mol. The molecular weight excluding hydrogens is 777 g/mol. The van der Waals surface area contributed by atoms with Crippen LogP contribution in [-0.2, 0) is 37.7 Å². The van der Waals surface area contributed by atoms with Crippen LogP contribution in [0.1, 0.15) is 87.0 Å². The Morgan fingerprint density at radius 2 is 1.62 bits per heavy atom. The summed E-state index contributed by atoms with van der Waals surface area (Å²) < 4.78 is 27.7. The van der Waals surface area contributed by atoms with Gasteiger partial charge >= 0.3 is 19.8 Å². The van der Waals surface area contributed by atoms with Crippen LogP contribution in [0.5, 0.6) is 0 Å². The van der Waals surface area contributed by atoms with Crippen LogP contribution in [0.3, 0.4) is 0 Å². The zero-order valence-corrected chi connectivity index (χ0v) is 35.9. The lowest BCUT2D eigenvalue weighted by atomic mass is 9.43. The molecule has 8 N–H and O–H groups in total. The van der Waals surface area contributed by atoms with Gasteiger partial charge in [-0.2, -0.15) is 0 Å². The highest BCUT2D eigenvalue weighted by molar-refractivity contribution is 7.46. The van der Waals surface area contributed by atoms with Crippen molar-refractivity contribution in [1.82, 2.24) is 5.32 Å². The van der Waals surface area contributed by atoms with Crippen molar-refractivity contribution < 1.29 is 73.1 Å². The minimum absolute atomic E-state index is 0.0136. The first-order valence-electron chi connectivity index (χ1n) is 20.3. The molecule has 0 aromatic carbocycles. The molecule has 17 heteroatoms. The fourth-order valence-corrected chi connectivity index (χ4v) is 12.5. The van der Waals surface area contributed by atoms with E-state index in [0.717, 1.165) is 32.1 Å². The molecule has 5 rings (SSSR count). The van der Waals surface area contributed by atoms with Crippen molar-refractivity contribution in [3.05, 3.63) is 24.3 Å². The Balaban J connectivity index is 0.000000492. The number of phosphoric ester groups is 1. The normalized spacial score (nSPS) is 37.1. The van der Waals surface area contributed by atoms with Gasteiger partial charge in [0.2, 0.25) is 0 Å². The van der Waals surface area contributed by atoms with Crippen molar-refractivity contribution in [2.75, 3.05) is 26.8 Å². The molecule has 58 heavy (non-hydrogen) atoms. The molecule has 4 saturated carbocycles. The second kappa shape index (κ2) is 17.9. The highest BCUT2D eigenvalue weighted by Gasteiger charge is 2.81. The van der Waals surface area contributed by atoms with Crippen molar-refractivity contribution in [1.29, 1.82) is 0 Å². The van der Waals surface area contributed by atoms with Gasteiger partial charge < -0.3 is 50.1 Å². The van der Waals surface area contributed by atoms with Gasteiger partial charge in [-0.1, -0.05) is 47.3 Å². The molecule has 0 aromatic rings. The molecule has 0 saturated heterocycles. The van der Waals surface area contributed by atoms with Crippen LogP contribution in [0.2, 0.25) is 0 Å². The summed E-state index contributed by atoms with van der Waals surface area (Å²) in [6.45, 7) is 15.6. The maximum absolute atomic E-state index is 13.9. The highest BCUT2D eigenvalue weighted by atomic mass is 31.2. The maximum atomic E-state index is 13.9. The van der Waals surface area contributed by atoms with E-state index in [1.165, 1.54) is 13.8 Å². The number of aliphatic hydroxyl groups excluding tert-OH is 5. The Labute approximate surface area is 341 Å². The van der Waals surface area contributed by atoms with E-state index in [4.69, 9.17) is 39.7 Å². The molecule has 0 heterocycles. The van der Waals surface area contributed by atoms with Crippen LogP contribution in [-0.4, -0.2) is 122 Å². The fourth-order valence-electron chi connectivity index (χ4n) is 12.0. The highest BCUT2D eigenvalue weighted by Crippen LogP contribution is 2.87. The van der Waals surface area contributed by atoms with E-state index in [1.807, 2.05) is 13.0 Å². The number of aliphatic hydroxyl groups is 5. The van der Waals surface area contributed by atoms with Crippen molar-refractivity contribution in [3.63, 3.8) is 0 Å². The quantitative estimate of drug-likeness (QED) is 0.0628. The van der Waals surface area contributed by atoms with Crippen LogP contribution < -0.4 is 5.32 Å². The van der Waals surface area contributed by atoms with Crippen molar-refractivity contribution >= 4 is 31.3 Å². The third kappa shape index (κ3) is 8.84. The van der Waals surface area contributed by atoms with Gasteiger partial charge in [0.05, 0.1) is 19.3 Å². The van der Waals surface area contributed by atoms with E-state index < -0.39 is 87.2 Å².